The third-order valence-electron chi connectivity index (χ3n) is 3.05. The third kappa shape index (κ3) is 5.80. The van der Waals surface area contributed by atoms with Crippen molar-refractivity contribution in [1.82, 2.24) is 10.3 Å². The molecule has 1 aromatic carbocycles. The van der Waals surface area contributed by atoms with E-state index in [4.69, 9.17) is 4.74 Å². The van der Waals surface area contributed by atoms with Crippen LogP contribution < -0.4 is 10.6 Å². The summed E-state index contributed by atoms with van der Waals surface area (Å²) in [6.07, 6.45) is 0.940. The van der Waals surface area contributed by atoms with Crippen LogP contribution in [0.5, 0.6) is 5.75 Å². The number of aromatic nitrogens is 1. The second-order valence-electron chi connectivity index (χ2n) is 6.38. The zero-order valence-corrected chi connectivity index (χ0v) is 14.4. The monoisotopic (exact) mass is 343 g/mol. The van der Waals surface area contributed by atoms with Crippen molar-refractivity contribution in [2.75, 3.05) is 5.32 Å². The van der Waals surface area contributed by atoms with Crippen molar-refractivity contribution >= 4 is 17.7 Å². The maximum atomic E-state index is 12.1. The molecule has 2 aromatic rings. The number of carbonyl (C=O) groups is 2. The highest BCUT2D eigenvalue weighted by molar-refractivity contribution is 6.04. The van der Waals surface area contributed by atoms with Gasteiger partial charge in [0.15, 0.2) is 5.69 Å². The lowest BCUT2D eigenvalue weighted by molar-refractivity contribution is 0.0523. The fraction of sp³-hybridized carbons (Fsp3) is 0.278. The molecule has 0 unspecified atom stereocenters. The largest absolute Gasteiger partial charge is 0.505 e. The number of anilines is 1. The Kier molecular flexibility index (Phi) is 5.59. The van der Waals surface area contributed by atoms with Gasteiger partial charge in [-0.05, 0) is 50.6 Å². The molecular formula is C18H21N3O4. The van der Waals surface area contributed by atoms with Gasteiger partial charge in [-0.15, -0.1) is 0 Å². The van der Waals surface area contributed by atoms with E-state index in [1.165, 1.54) is 12.3 Å². The topological polar surface area (TPSA) is 101 Å². The van der Waals surface area contributed by atoms with Gasteiger partial charge in [-0.2, -0.15) is 0 Å². The van der Waals surface area contributed by atoms with E-state index in [0.29, 0.717) is 12.2 Å². The van der Waals surface area contributed by atoms with E-state index in [1.54, 1.807) is 51.1 Å². The Morgan fingerprint density at radius 2 is 1.84 bits per heavy atom. The Morgan fingerprint density at radius 1 is 1.16 bits per heavy atom. The Labute approximate surface area is 146 Å². The Hall–Kier alpha value is -3.09. The minimum Gasteiger partial charge on any atom is -0.505 e. The molecule has 1 heterocycles. The number of ether oxygens (including phenoxy) is 1. The second-order valence-corrected chi connectivity index (χ2v) is 6.38. The van der Waals surface area contributed by atoms with E-state index in [-0.39, 0.29) is 11.4 Å². The Balaban J connectivity index is 1.91. The molecule has 0 aliphatic heterocycles. The number of nitrogens with one attached hydrogen (secondary N) is 2. The van der Waals surface area contributed by atoms with Crippen LogP contribution in [-0.4, -0.2) is 27.7 Å². The zero-order chi connectivity index (χ0) is 18.4. The molecule has 0 aliphatic rings. The van der Waals surface area contributed by atoms with Crippen LogP contribution in [0.4, 0.5) is 10.5 Å². The second kappa shape index (κ2) is 7.65. The highest BCUT2D eigenvalue weighted by Gasteiger charge is 2.16. The average Bonchev–Trinajstić information content (AvgIpc) is 2.53. The summed E-state index contributed by atoms with van der Waals surface area (Å²) < 4.78 is 5.16. The third-order valence-corrected chi connectivity index (χ3v) is 3.05. The fourth-order valence-electron chi connectivity index (χ4n) is 1.96. The molecular weight excluding hydrogens is 322 g/mol. The van der Waals surface area contributed by atoms with E-state index < -0.39 is 17.6 Å². The van der Waals surface area contributed by atoms with Gasteiger partial charge in [0, 0.05) is 18.4 Å². The van der Waals surface area contributed by atoms with Crippen molar-refractivity contribution in [3.8, 4) is 5.75 Å². The molecule has 0 aliphatic carbocycles. The number of carbonyl (C=O) groups excluding carboxylic acids is 2. The minimum atomic E-state index is -0.546. The zero-order valence-electron chi connectivity index (χ0n) is 14.4. The average molecular weight is 343 g/mol. The van der Waals surface area contributed by atoms with Gasteiger partial charge in [0.1, 0.15) is 11.4 Å². The molecule has 2 amide bonds. The van der Waals surface area contributed by atoms with Gasteiger partial charge < -0.3 is 20.5 Å². The summed E-state index contributed by atoms with van der Waals surface area (Å²) in [6.45, 7) is 5.69. The summed E-state index contributed by atoms with van der Waals surface area (Å²) in [6, 6.07) is 9.87. The number of hydrogen-bond acceptors (Lipinski definition) is 5. The lowest BCUT2D eigenvalue weighted by atomic mass is 10.2. The Bertz CT molecular complexity index is 752. The van der Waals surface area contributed by atoms with E-state index in [0.717, 1.165) is 5.56 Å². The smallest absolute Gasteiger partial charge is 0.407 e. The quantitative estimate of drug-likeness (QED) is 0.792. The van der Waals surface area contributed by atoms with Gasteiger partial charge in [0.25, 0.3) is 5.91 Å². The number of alkyl carbamates (subject to hydrolysis) is 1. The number of benzene rings is 1. The van der Waals surface area contributed by atoms with Crippen LogP contribution >= 0.6 is 0 Å². The molecule has 0 atom stereocenters. The van der Waals surface area contributed by atoms with Crippen LogP contribution in [0.25, 0.3) is 0 Å². The van der Waals surface area contributed by atoms with Crippen LogP contribution in [0.3, 0.4) is 0 Å². The molecule has 0 fully saturated rings. The lowest BCUT2D eigenvalue weighted by Crippen LogP contribution is -2.32. The van der Waals surface area contributed by atoms with Gasteiger partial charge in [0.2, 0.25) is 0 Å². The molecule has 0 spiro atoms. The molecule has 1 aromatic heterocycles. The van der Waals surface area contributed by atoms with Crippen LogP contribution in [0.2, 0.25) is 0 Å². The summed E-state index contributed by atoms with van der Waals surface area (Å²) in [5, 5.41) is 14.9. The van der Waals surface area contributed by atoms with E-state index >= 15 is 0 Å². The number of rotatable bonds is 4. The van der Waals surface area contributed by atoms with Crippen molar-refractivity contribution in [2.45, 2.75) is 32.9 Å². The van der Waals surface area contributed by atoms with Gasteiger partial charge in [-0.1, -0.05) is 12.1 Å². The maximum Gasteiger partial charge on any atom is 0.407 e. The molecule has 7 nitrogen and oxygen atoms in total. The molecule has 25 heavy (non-hydrogen) atoms. The fourth-order valence-corrected chi connectivity index (χ4v) is 1.96. The predicted molar refractivity (Wildman–Crippen MR) is 93.4 cm³/mol. The van der Waals surface area contributed by atoms with Crippen LogP contribution in [-0.2, 0) is 11.3 Å². The molecule has 132 valence electrons. The first-order chi connectivity index (χ1) is 11.7. The SMILES string of the molecule is CC(C)(C)OC(=O)NCc1ccc(NC(=O)c2ncccc2O)cc1. The van der Waals surface area contributed by atoms with Crippen molar-refractivity contribution in [3.05, 3.63) is 53.9 Å². The van der Waals surface area contributed by atoms with Crippen molar-refractivity contribution in [2.24, 2.45) is 0 Å². The van der Waals surface area contributed by atoms with Crippen LogP contribution in [0.1, 0.15) is 36.8 Å². The van der Waals surface area contributed by atoms with E-state index in [2.05, 4.69) is 15.6 Å². The standard InChI is InChI=1S/C18H21N3O4/c1-18(2,3)25-17(24)20-11-12-6-8-13(9-7-12)21-16(23)15-14(22)5-4-10-19-15/h4-10,22H,11H2,1-3H3,(H,20,24)(H,21,23). The van der Waals surface area contributed by atoms with Gasteiger partial charge >= 0.3 is 6.09 Å². The molecule has 7 heteroatoms. The van der Waals surface area contributed by atoms with Crippen LogP contribution in [0.15, 0.2) is 42.6 Å². The molecule has 0 radical (unpaired) electrons. The summed E-state index contributed by atoms with van der Waals surface area (Å²) in [7, 11) is 0. The normalized spacial score (nSPS) is 10.8. The van der Waals surface area contributed by atoms with E-state index in [9.17, 15) is 14.7 Å². The van der Waals surface area contributed by atoms with Crippen LogP contribution in [0, 0.1) is 0 Å². The number of amides is 2. The summed E-state index contributed by atoms with van der Waals surface area (Å²) >= 11 is 0. The lowest BCUT2D eigenvalue weighted by Gasteiger charge is -2.19. The number of aromatic hydroxyl groups is 1. The van der Waals surface area contributed by atoms with Crippen molar-refractivity contribution < 1.29 is 19.4 Å². The molecule has 3 N–H and O–H groups in total. The summed E-state index contributed by atoms with van der Waals surface area (Å²) in [5.74, 6) is -0.684. The number of nitrogens with zero attached hydrogens (tertiary/aromatic N) is 1. The number of pyridine rings is 1. The summed E-state index contributed by atoms with van der Waals surface area (Å²) in [5.41, 5.74) is 0.814. The Morgan fingerprint density at radius 3 is 2.44 bits per heavy atom. The highest BCUT2D eigenvalue weighted by atomic mass is 16.6. The van der Waals surface area contributed by atoms with E-state index in [1.807, 2.05) is 0 Å². The van der Waals surface area contributed by atoms with Gasteiger partial charge in [-0.3, -0.25) is 4.79 Å². The van der Waals surface area contributed by atoms with Gasteiger partial charge in [0.05, 0.1) is 0 Å². The molecule has 2 rings (SSSR count). The first-order valence-electron chi connectivity index (χ1n) is 7.76. The molecule has 0 saturated carbocycles. The van der Waals surface area contributed by atoms with Crippen molar-refractivity contribution in [1.29, 1.82) is 0 Å². The number of hydrogen-bond donors (Lipinski definition) is 3. The first kappa shape index (κ1) is 18.3. The highest BCUT2D eigenvalue weighted by Crippen LogP contribution is 2.16. The van der Waals surface area contributed by atoms with Gasteiger partial charge in [-0.25, -0.2) is 9.78 Å². The maximum absolute atomic E-state index is 12.1. The van der Waals surface area contributed by atoms with Crippen molar-refractivity contribution in [3.63, 3.8) is 0 Å². The predicted octanol–water partition coefficient (Wildman–Crippen LogP) is 3.06. The first-order valence-corrected chi connectivity index (χ1v) is 7.76. The summed E-state index contributed by atoms with van der Waals surface area (Å²) in [4.78, 5) is 27.5. The molecule has 0 saturated heterocycles. The molecule has 0 bridgehead atoms. The minimum absolute atomic E-state index is 0.0434.